The summed E-state index contributed by atoms with van der Waals surface area (Å²) in [6.07, 6.45) is 26.7. The lowest BCUT2D eigenvalue weighted by atomic mass is 9.73. The fourth-order valence-electron chi connectivity index (χ4n) is 15.3. The predicted molar refractivity (Wildman–Crippen MR) is 294 cm³/mol. The van der Waals surface area contributed by atoms with E-state index in [1.807, 2.05) is 6.07 Å². The van der Waals surface area contributed by atoms with Crippen molar-refractivity contribution >= 4 is 0 Å². The van der Waals surface area contributed by atoms with E-state index in [0.717, 1.165) is 140 Å². The first-order chi connectivity index (χ1) is 34.8. The van der Waals surface area contributed by atoms with Crippen LogP contribution in [0.3, 0.4) is 0 Å². The summed E-state index contributed by atoms with van der Waals surface area (Å²) in [4.78, 5) is 0. The zero-order valence-electron chi connectivity index (χ0n) is 45.6. The van der Waals surface area contributed by atoms with E-state index in [2.05, 4.69) is 77.1 Å². The molecule has 15 atom stereocenters. The molecule has 0 spiro atoms. The van der Waals surface area contributed by atoms with E-state index >= 15 is 0 Å². The Bertz CT molecular complexity index is 1850. The molecule has 72 heavy (non-hydrogen) atoms. The number of phenolic OH excluding ortho intramolecular Hbond substituents is 1. The number of aromatic hydroxyl groups is 1. The molecular weight excluding hydrogens is 893 g/mol. The van der Waals surface area contributed by atoms with Crippen LogP contribution in [0.5, 0.6) is 5.75 Å². The van der Waals surface area contributed by atoms with Crippen molar-refractivity contribution in [2.45, 2.75) is 245 Å². The second-order valence-corrected chi connectivity index (χ2v) is 24.4. The van der Waals surface area contributed by atoms with Crippen LogP contribution in [0.2, 0.25) is 0 Å². The molecule has 0 aromatic heterocycles. The highest BCUT2D eigenvalue weighted by Gasteiger charge is 2.47. The standard InChI is InChI=1S/2C22H34O2.C21H32O3/c2*1-3-4-5-9-18(23)10-11-19-21-12-16-8-6-7-15(2)20(16)13-17(21)14-22(19)24;1-2-3-4-7-16(22)9-10-17-18-11-14-6-5-8-20(23)19(14)12-15(18)13-21(17)24/h2*6-8,17-19,21-24H,3-5,9-14H2,1-2H3;5-6,8,15-18,21-24H,2-4,7,9-13H2,1H3/t2*17?,18-,19+,21?,22+;15?,16-,17+,18?,21+/m000/s1. The molecule has 0 radical (unpaired) electrons. The van der Waals surface area contributed by atoms with Crippen LogP contribution < -0.4 is 0 Å². The van der Waals surface area contributed by atoms with Crippen molar-refractivity contribution in [2.75, 3.05) is 0 Å². The Morgan fingerprint density at radius 1 is 0.417 bits per heavy atom. The Morgan fingerprint density at radius 3 is 1.08 bits per heavy atom. The van der Waals surface area contributed by atoms with Crippen LogP contribution >= 0.6 is 0 Å². The first-order valence-corrected chi connectivity index (χ1v) is 29.8. The van der Waals surface area contributed by atoms with E-state index in [1.54, 1.807) is 6.07 Å². The second-order valence-electron chi connectivity index (χ2n) is 24.4. The minimum Gasteiger partial charge on any atom is -0.508 e. The Hall–Kier alpha value is -2.78. The lowest BCUT2D eigenvalue weighted by Crippen LogP contribution is -2.28. The molecule has 6 unspecified atom stereocenters. The highest BCUT2D eigenvalue weighted by atomic mass is 16.3. The molecule has 6 aliphatic rings. The number of phenols is 1. The summed E-state index contributed by atoms with van der Waals surface area (Å²) in [6, 6.07) is 19.1. The van der Waals surface area contributed by atoms with Gasteiger partial charge in [0.15, 0.2) is 0 Å². The van der Waals surface area contributed by atoms with E-state index in [4.69, 9.17) is 0 Å². The monoisotopic (exact) mass is 993 g/mol. The van der Waals surface area contributed by atoms with Crippen LogP contribution in [-0.4, -0.2) is 72.4 Å². The summed E-state index contributed by atoms with van der Waals surface area (Å²) < 4.78 is 0. The third kappa shape index (κ3) is 14.8. The van der Waals surface area contributed by atoms with Crippen LogP contribution in [0.15, 0.2) is 54.6 Å². The van der Waals surface area contributed by atoms with Crippen LogP contribution in [0, 0.1) is 67.1 Å². The smallest absolute Gasteiger partial charge is 0.119 e. The molecule has 3 fully saturated rings. The molecule has 0 heterocycles. The minimum absolute atomic E-state index is 0.169. The van der Waals surface area contributed by atoms with Crippen molar-refractivity contribution in [3.8, 4) is 5.75 Å². The summed E-state index contributed by atoms with van der Waals surface area (Å²) in [5, 5.41) is 72.5. The number of aliphatic hydroxyl groups excluding tert-OH is 6. The molecule has 3 aromatic carbocycles. The van der Waals surface area contributed by atoms with Crippen LogP contribution in [0.25, 0.3) is 0 Å². The van der Waals surface area contributed by atoms with Gasteiger partial charge < -0.3 is 35.7 Å². The molecule has 7 nitrogen and oxygen atoms in total. The highest BCUT2D eigenvalue weighted by molar-refractivity contribution is 5.42. The lowest BCUT2D eigenvalue weighted by molar-refractivity contribution is 0.0864. The summed E-state index contributed by atoms with van der Waals surface area (Å²) in [6.45, 7) is 11.0. The Balaban J connectivity index is 0.000000158. The number of benzene rings is 3. The van der Waals surface area contributed by atoms with Gasteiger partial charge in [-0.25, -0.2) is 0 Å². The van der Waals surface area contributed by atoms with Crippen molar-refractivity contribution in [3.63, 3.8) is 0 Å². The topological polar surface area (TPSA) is 142 Å². The van der Waals surface area contributed by atoms with Gasteiger partial charge in [-0.3, -0.25) is 0 Å². The largest absolute Gasteiger partial charge is 0.508 e. The van der Waals surface area contributed by atoms with Crippen molar-refractivity contribution < 1.29 is 35.7 Å². The van der Waals surface area contributed by atoms with Crippen molar-refractivity contribution in [1.29, 1.82) is 0 Å². The summed E-state index contributed by atoms with van der Waals surface area (Å²) in [5.74, 6) is 4.93. The maximum absolute atomic E-state index is 10.6. The molecule has 7 N–H and O–H groups in total. The Morgan fingerprint density at radius 2 is 0.736 bits per heavy atom. The maximum atomic E-state index is 10.6. The van der Waals surface area contributed by atoms with Crippen LogP contribution in [0.1, 0.15) is 200 Å². The van der Waals surface area contributed by atoms with Crippen molar-refractivity contribution in [1.82, 2.24) is 0 Å². The quantitative estimate of drug-likeness (QED) is 0.0527. The molecule has 0 aliphatic heterocycles. The second kappa shape index (κ2) is 27.8. The van der Waals surface area contributed by atoms with Crippen molar-refractivity contribution in [3.05, 3.63) is 99.1 Å². The molecule has 6 aliphatic carbocycles. The van der Waals surface area contributed by atoms with Gasteiger partial charge in [0.05, 0.1) is 36.6 Å². The van der Waals surface area contributed by atoms with Gasteiger partial charge in [0.25, 0.3) is 0 Å². The number of hydrogen-bond donors (Lipinski definition) is 7. The Kier molecular flexibility index (Phi) is 22.0. The molecule has 3 aromatic rings. The van der Waals surface area contributed by atoms with E-state index in [9.17, 15) is 35.7 Å². The number of rotatable bonds is 21. The zero-order valence-corrected chi connectivity index (χ0v) is 45.6. The average Bonchev–Trinajstić information content (AvgIpc) is 3.97. The minimum atomic E-state index is -0.251. The molecule has 9 rings (SSSR count). The lowest BCUT2D eigenvalue weighted by Gasteiger charge is -2.32. The third-order valence-electron chi connectivity index (χ3n) is 19.5. The van der Waals surface area contributed by atoms with E-state index in [0.29, 0.717) is 59.0 Å². The number of unbranched alkanes of at least 4 members (excludes halogenated alkanes) is 6. The fourth-order valence-corrected chi connectivity index (χ4v) is 15.3. The van der Waals surface area contributed by atoms with Crippen LogP contribution in [0.4, 0.5) is 0 Å². The number of hydrogen-bond acceptors (Lipinski definition) is 7. The van der Waals surface area contributed by atoms with Crippen molar-refractivity contribution in [2.24, 2.45) is 53.3 Å². The average molecular weight is 994 g/mol. The fraction of sp³-hybridized carbons (Fsp3) is 0.723. The zero-order chi connectivity index (χ0) is 51.3. The van der Waals surface area contributed by atoms with Crippen LogP contribution in [-0.2, 0) is 38.5 Å². The van der Waals surface area contributed by atoms with Gasteiger partial charge >= 0.3 is 0 Å². The van der Waals surface area contributed by atoms with E-state index in [-0.39, 0.29) is 36.6 Å². The normalized spacial score (nSPS) is 30.0. The Labute approximate surface area is 436 Å². The number of aryl methyl sites for hydroxylation is 2. The van der Waals surface area contributed by atoms with Gasteiger partial charge in [0, 0.05) is 0 Å². The van der Waals surface area contributed by atoms with Gasteiger partial charge in [-0.1, -0.05) is 127 Å². The van der Waals surface area contributed by atoms with E-state index < -0.39 is 0 Å². The third-order valence-corrected chi connectivity index (χ3v) is 19.5. The number of aliphatic hydroxyl groups is 6. The SMILES string of the molecule is CCCCC[C@H](O)CC[C@@H]1C2Cc3cccc(C)c3CC2C[C@H]1O.CCCCC[C@H](O)CC[C@@H]1C2Cc3cccc(C)c3CC2C[C@H]1O.CCCCC[C@H](O)CC[C@@H]1C2Cc3cccc(O)c3CC2C[C@H]1O. The van der Waals surface area contributed by atoms with Gasteiger partial charge in [0.1, 0.15) is 5.75 Å². The van der Waals surface area contributed by atoms with Gasteiger partial charge in [0.2, 0.25) is 0 Å². The van der Waals surface area contributed by atoms with Gasteiger partial charge in [-0.2, -0.15) is 0 Å². The summed E-state index contributed by atoms with van der Waals surface area (Å²) in [7, 11) is 0. The molecule has 402 valence electrons. The molecule has 0 bridgehead atoms. The summed E-state index contributed by atoms with van der Waals surface area (Å²) in [5.41, 5.74) is 11.2. The molecule has 3 saturated carbocycles. The molecule has 7 heteroatoms. The molecular formula is C65H100O7. The van der Waals surface area contributed by atoms with Gasteiger partial charge in [-0.15, -0.1) is 0 Å². The molecule has 0 saturated heterocycles. The first-order valence-electron chi connectivity index (χ1n) is 29.8. The van der Waals surface area contributed by atoms with E-state index in [1.165, 1.54) is 77.5 Å². The first kappa shape index (κ1) is 56.9. The maximum Gasteiger partial charge on any atom is 0.119 e. The van der Waals surface area contributed by atoms with Gasteiger partial charge in [-0.05, 0) is 233 Å². The predicted octanol–water partition coefficient (Wildman–Crippen LogP) is 12.7. The highest BCUT2D eigenvalue weighted by Crippen LogP contribution is 2.50. The molecule has 0 amide bonds. The number of fused-ring (bicyclic) bond motifs is 6. The summed E-state index contributed by atoms with van der Waals surface area (Å²) >= 11 is 0.